The number of ether oxygens (including phenoxy) is 1. The normalized spacial score (nSPS) is 28.2. The molecule has 0 amide bonds. The van der Waals surface area contributed by atoms with Crippen molar-refractivity contribution in [1.29, 1.82) is 0 Å². The molecular weight excluding hydrogens is 216 g/mol. The van der Waals surface area contributed by atoms with E-state index in [1.165, 1.54) is 19.3 Å². The van der Waals surface area contributed by atoms with Crippen molar-refractivity contribution >= 4 is 0 Å². The quantitative estimate of drug-likeness (QED) is 0.696. The fourth-order valence-corrected chi connectivity index (χ4v) is 2.62. The predicted octanol–water partition coefficient (Wildman–Crippen LogP) is 0.833. The summed E-state index contributed by atoms with van der Waals surface area (Å²) in [5.41, 5.74) is 5.83. The molecule has 3 N–H and O–H groups in total. The van der Waals surface area contributed by atoms with Crippen molar-refractivity contribution in [3.05, 3.63) is 0 Å². The molecule has 1 aliphatic rings. The van der Waals surface area contributed by atoms with Crippen LogP contribution in [0.25, 0.3) is 0 Å². The minimum Gasteiger partial charge on any atom is -0.389 e. The van der Waals surface area contributed by atoms with E-state index in [0.717, 1.165) is 12.5 Å². The van der Waals surface area contributed by atoms with Crippen molar-refractivity contribution in [2.45, 2.75) is 45.3 Å². The number of hydrogen-bond acceptors (Lipinski definition) is 4. The Labute approximate surface area is 105 Å². The minimum atomic E-state index is -0.387. The van der Waals surface area contributed by atoms with Crippen molar-refractivity contribution in [2.75, 3.05) is 32.8 Å². The SMILES string of the molecule is CCOCC(O)CN1CCC(CC)CC1CN. The molecule has 3 atom stereocenters. The Morgan fingerprint density at radius 3 is 2.82 bits per heavy atom. The number of nitrogens with two attached hydrogens (primary N) is 1. The highest BCUT2D eigenvalue weighted by molar-refractivity contribution is 4.83. The predicted molar refractivity (Wildman–Crippen MR) is 69.9 cm³/mol. The van der Waals surface area contributed by atoms with Crippen LogP contribution in [0.5, 0.6) is 0 Å². The van der Waals surface area contributed by atoms with Gasteiger partial charge in [-0.2, -0.15) is 0 Å². The summed E-state index contributed by atoms with van der Waals surface area (Å²) in [6.07, 6.45) is 3.26. The molecule has 0 bridgehead atoms. The Morgan fingerprint density at radius 2 is 2.24 bits per heavy atom. The third-order valence-electron chi connectivity index (χ3n) is 3.76. The van der Waals surface area contributed by atoms with Gasteiger partial charge in [0.05, 0.1) is 12.7 Å². The number of piperidine rings is 1. The van der Waals surface area contributed by atoms with Gasteiger partial charge in [-0.25, -0.2) is 0 Å². The van der Waals surface area contributed by atoms with Gasteiger partial charge in [0.1, 0.15) is 0 Å². The lowest BCUT2D eigenvalue weighted by atomic mass is 9.89. The molecule has 4 heteroatoms. The van der Waals surface area contributed by atoms with Crippen LogP contribution in [0, 0.1) is 5.92 Å². The maximum Gasteiger partial charge on any atom is 0.0900 e. The van der Waals surface area contributed by atoms with E-state index in [9.17, 15) is 5.11 Å². The number of rotatable bonds is 7. The molecule has 0 aromatic heterocycles. The lowest BCUT2D eigenvalue weighted by Gasteiger charge is -2.39. The molecule has 0 aromatic rings. The number of likely N-dealkylation sites (tertiary alicyclic amines) is 1. The Balaban J connectivity index is 2.36. The number of β-amino-alcohol motifs (C(OH)–C–C–N with tert-alkyl or cyclic N) is 1. The summed E-state index contributed by atoms with van der Waals surface area (Å²) in [7, 11) is 0. The molecule has 1 heterocycles. The zero-order valence-electron chi connectivity index (χ0n) is 11.3. The first-order valence-corrected chi connectivity index (χ1v) is 6.91. The largest absolute Gasteiger partial charge is 0.389 e. The van der Waals surface area contributed by atoms with E-state index in [2.05, 4.69) is 11.8 Å². The van der Waals surface area contributed by atoms with Crippen molar-refractivity contribution in [3.63, 3.8) is 0 Å². The van der Waals surface area contributed by atoms with Crippen molar-refractivity contribution in [1.82, 2.24) is 4.90 Å². The number of aliphatic hydroxyl groups is 1. The topological polar surface area (TPSA) is 58.7 Å². The van der Waals surface area contributed by atoms with Gasteiger partial charge in [0.15, 0.2) is 0 Å². The molecule has 17 heavy (non-hydrogen) atoms. The van der Waals surface area contributed by atoms with Crippen LogP contribution in [0.1, 0.15) is 33.1 Å². The van der Waals surface area contributed by atoms with Gasteiger partial charge in [-0.05, 0) is 32.2 Å². The van der Waals surface area contributed by atoms with E-state index in [0.29, 0.717) is 32.3 Å². The Kier molecular flexibility index (Phi) is 7.04. The summed E-state index contributed by atoms with van der Waals surface area (Å²) in [6.45, 7) is 7.73. The summed E-state index contributed by atoms with van der Waals surface area (Å²) >= 11 is 0. The van der Waals surface area contributed by atoms with Gasteiger partial charge in [-0.1, -0.05) is 13.3 Å². The number of aliphatic hydroxyl groups excluding tert-OH is 1. The molecule has 102 valence electrons. The van der Waals surface area contributed by atoms with E-state index < -0.39 is 0 Å². The molecule has 1 saturated heterocycles. The Morgan fingerprint density at radius 1 is 1.47 bits per heavy atom. The second-order valence-corrected chi connectivity index (χ2v) is 5.00. The smallest absolute Gasteiger partial charge is 0.0900 e. The van der Waals surface area contributed by atoms with Crippen molar-refractivity contribution in [3.8, 4) is 0 Å². The van der Waals surface area contributed by atoms with Gasteiger partial charge in [-0.15, -0.1) is 0 Å². The highest BCUT2D eigenvalue weighted by atomic mass is 16.5. The van der Waals surface area contributed by atoms with Gasteiger partial charge < -0.3 is 15.6 Å². The second kappa shape index (κ2) is 8.03. The molecular formula is C13H28N2O2. The Hall–Kier alpha value is -0.160. The van der Waals surface area contributed by atoms with Crippen LogP contribution in [0.2, 0.25) is 0 Å². The fraction of sp³-hybridized carbons (Fsp3) is 1.00. The van der Waals surface area contributed by atoms with E-state index in [1.807, 2.05) is 6.92 Å². The van der Waals surface area contributed by atoms with Crippen LogP contribution < -0.4 is 5.73 Å². The molecule has 1 aliphatic heterocycles. The fourth-order valence-electron chi connectivity index (χ4n) is 2.62. The molecule has 0 saturated carbocycles. The molecule has 0 aromatic carbocycles. The molecule has 0 aliphatic carbocycles. The van der Waals surface area contributed by atoms with E-state index in [-0.39, 0.29) is 6.10 Å². The lowest BCUT2D eigenvalue weighted by Crippen LogP contribution is -2.49. The van der Waals surface area contributed by atoms with Gasteiger partial charge in [0.25, 0.3) is 0 Å². The minimum absolute atomic E-state index is 0.387. The highest BCUT2D eigenvalue weighted by Gasteiger charge is 2.27. The van der Waals surface area contributed by atoms with E-state index in [4.69, 9.17) is 10.5 Å². The number of nitrogens with zero attached hydrogens (tertiary/aromatic N) is 1. The standard InChI is InChI=1S/C13H28N2O2/c1-3-11-5-6-15(12(7-11)8-14)9-13(16)10-17-4-2/h11-13,16H,3-10,14H2,1-2H3. The summed E-state index contributed by atoms with van der Waals surface area (Å²) in [5, 5.41) is 9.86. The van der Waals surface area contributed by atoms with Crippen LogP contribution in [-0.2, 0) is 4.74 Å². The summed E-state index contributed by atoms with van der Waals surface area (Å²) in [6, 6.07) is 0.435. The summed E-state index contributed by atoms with van der Waals surface area (Å²) in [4.78, 5) is 2.33. The van der Waals surface area contributed by atoms with Gasteiger partial charge in [0.2, 0.25) is 0 Å². The number of hydrogen-bond donors (Lipinski definition) is 2. The van der Waals surface area contributed by atoms with Crippen LogP contribution >= 0.6 is 0 Å². The molecule has 4 nitrogen and oxygen atoms in total. The van der Waals surface area contributed by atoms with Crippen LogP contribution in [0.15, 0.2) is 0 Å². The first-order chi connectivity index (χ1) is 8.21. The first-order valence-electron chi connectivity index (χ1n) is 6.91. The molecule has 1 rings (SSSR count). The van der Waals surface area contributed by atoms with E-state index in [1.54, 1.807) is 0 Å². The van der Waals surface area contributed by atoms with Crippen LogP contribution in [0.4, 0.5) is 0 Å². The van der Waals surface area contributed by atoms with Gasteiger partial charge >= 0.3 is 0 Å². The monoisotopic (exact) mass is 244 g/mol. The maximum atomic E-state index is 9.86. The second-order valence-electron chi connectivity index (χ2n) is 5.00. The van der Waals surface area contributed by atoms with Crippen LogP contribution in [-0.4, -0.2) is 55.0 Å². The molecule has 0 radical (unpaired) electrons. The van der Waals surface area contributed by atoms with Gasteiger partial charge in [-0.3, -0.25) is 4.90 Å². The zero-order chi connectivity index (χ0) is 12.7. The summed E-state index contributed by atoms with van der Waals surface area (Å²) < 4.78 is 5.24. The van der Waals surface area contributed by atoms with Crippen molar-refractivity contribution < 1.29 is 9.84 Å². The third-order valence-corrected chi connectivity index (χ3v) is 3.76. The lowest BCUT2D eigenvalue weighted by molar-refractivity contribution is 0.000844. The average molecular weight is 244 g/mol. The first kappa shape index (κ1) is 14.9. The third kappa shape index (κ3) is 4.92. The van der Waals surface area contributed by atoms with E-state index >= 15 is 0 Å². The van der Waals surface area contributed by atoms with Crippen molar-refractivity contribution in [2.24, 2.45) is 11.7 Å². The molecule has 3 unspecified atom stereocenters. The Bertz CT molecular complexity index is 202. The zero-order valence-corrected chi connectivity index (χ0v) is 11.3. The molecule has 0 spiro atoms. The molecule has 1 fully saturated rings. The average Bonchev–Trinajstić information content (AvgIpc) is 2.36. The highest BCUT2D eigenvalue weighted by Crippen LogP contribution is 2.24. The maximum absolute atomic E-state index is 9.86. The van der Waals surface area contributed by atoms with Crippen LogP contribution in [0.3, 0.4) is 0 Å². The summed E-state index contributed by atoms with van der Waals surface area (Å²) in [5.74, 6) is 0.809. The van der Waals surface area contributed by atoms with Gasteiger partial charge in [0, 0.05) is 25.7 Å².